The summed E-state index contributed by atoms with van der Waals surface area (Å²) in [6, 6.07) is 0. The maximum absolute atomic E-state index is 12.4. The van der Waals surface area contributed by atoms with E-state index in [0.717, 1.165) is 39.1 Å². The summed E-state index contributed by atoms with van der Waals surface area (Å²) in [5, 5.41) is 0. The zero-order valence-corrected chi connectivity index (χ0v) is 14.2. The predicted octanol–water partition coefficient (Wildman–Crippen LogP) is 2.19. The third-order valence-corrected chi connectivity index (χ3v) is 3.77. The van der Waals surface area contributed by atoms with Crippen molar-refractivity contribution in [2.75, 3.05) is 39.3 Å². The Balaban J connectivity index is 4.34. The van der Waals surface area contributed by atoms with Crippen molar-refractivity contribution in [2.45, 2.75) is 47.5 Å². The Labute approximate surface area is 125 Å². The maximum atomic E-state index is 12.4. The van der Waals surface area contributed by atoms with Gasteiger partial charge in [0.25, 0.3) is 0 Å². The van der Waals surface area contributed by atoms with Crippen molar-refractivity contribution in [3.8, 4) is 0 Å². The number of amides is 1. The average Bonchev–Trinajstić information content (AvgIpc) is 2.43. The lowest BCUT2D eigenvalue weighted by atomic mass is 10.1. The topological polar surface area (TPSA) is 49.6 Å². The maximum Gasteiger partial charge on any atom is 0.222 e. The van der Waals surface area contributed by atoms with Crippen LogP contribution in [-0.2, 0) is 4.79 Å². The first-order valence-corrected chi connectivity index (χ1v) is 8.14. The molecule has 120 valence electrons. The quantitative estimate of drug-likeness (QED) is 0.633. The Morgan fingerprint density at radius 3 is 2.15 bits per heavy atom. The molecule has 0 aliphatic rings. The summed E-state index contributed by atoms with van der Waals surface area (Å²) < 4.78 is 0. The predicted molar refractivity (Wildman–Crippen MR) is 86.7 cm³/mol. The molecular weight excluding hydrogens is 250 g/mol. The van der Waals surface area contributed by atoms with E-state index in [-0.39, 0.29) is 5.91 Å². The minimum atomic E-state index is 0.283. The first-order valence-electron chi connectivity index (χ1n) is 8.14. The van der Waals surface area contributed by atoms with Crippen LogP contribution in [0.2, 0.25) is 0 Å². The molecule has 0 aliphatic carbocycles. The molecular formula is C16H35N3O. The van der Waals surface area contributed by atoms with Crippen molar-refractivity contribution < 1.29 is 4.79 Å². The Morgan fingerprint density at radius 2 is 1.70 bits per heavy atom. The molecule has 0 aromatic carbocycles. The van der Waals surface area contributed by atoms with Crippen molar-refractivity contribution in [3.63, 3.8) is 0 Å². The summed E-state index contributed by atoms with van der Waals surface area (Å²) >= 11 is 0. The SMILES string of the molecule is CCN(CC)CCN(CC(C)C)C(=O)CCC(C)CN. The van der Waals surface area contributed by atoms with Gasteiger partial charge < -0.3 is 15.5 Å². The van der Waals surface area contributed by atoms with Crippen LogP contribution in [0.3, 0.4) is 0 Å². The van der Waals surface area contributed by atoms with E-state index in [2.05, 4.69) is 39.5 Å². The minimum absolute atomic E-state index is 0.283. The molecule has 0 saturated heterocycles. The molecule has 0 heterocycles. The summed E-state index contributed by atoms with van der Waals surface area (Å²) in [7, 11) is 0. The van der Waals surface area contributed by atoms with Crippen LogP contribution < -0.4 is 5.73 Å². The van der Waals surface area contributed by atoms with E-state index >= 15 is 0 Å². The van der Waals surface area contributed by atoms with Crippen LogP contribution in [0.1, 0.15) is 47.5 Å². The van der Waals surface area contributed by atoms with Crippen LogP contribution in [0.5, 0.6) is 0 Å². The third-order valence-electron chi connectivity index (χ3n) is 3.77. The summed E-state index contributed by atoms with van der Waals surface area (Å²) in [5.41, 5.74) is 5.62. The molecule has 0 bridgehead atoms. The largest absolute Gasteiger partial charge is 0.341 e. The molecule has 20 heavy (non-hydrogen) atoms. The van der Waals surface area contributed by atoms with Gasteiger partial charge in [-0.25, -0.2) is 0 Å². The van der Waals surface area contributed by atoms with Crippen LogP contribution in [0, 0.1) is 11.8 Å². The normalized spacial score (nSPS) is 13.0. The highest BCUT2D eigenvalue weighted by atomic mass is 16.2. The number of nitrogens with two attached hydrogens (primary N) is 1. The zero-order valence-electron chi connectivity index (χ0n) is 14.2. The highest BCUT2D eigenvalue weighted by molar-refractivity contribution is 5.76. The van der Waals surface area contributed by atoms with Gasteiger partial charge in [0.15, 0.2) is 0 Å². The van der Waals surface area contributed by atoms with Gasteiger partial charge in [0.1, 0.15) is 0 Å². The van der Waals surface area contributed by atoms with Crippen LogP contribution in [0.4, 0.5) is 0 Å². The highest BCUT2D eigenvalue weighted by Gasteiger charge is 2.16. The third kappa shape index (κ3) is 8.54. The smallest absolute Gasteiger partial charge is 0.222 e. The van der Waals surface area contributed by atoms with Gasteiger partial charge in [0.05, 0.1) is 0 Å². The van der Waals surface area contributed by atoms with Gasteiger partial charge >= 0.3 is 0 Å². The molecule has 0 aromatic rings. The molecule has 0 spiro atoms. The van der Waals surface area contributed by atoms with Gasteiger partial charge in [-0.05, 0) is 37.9 Å². The first-order chi connectivity index (χ1) is 9.44. The fourth-order valence-electron chi connectivity index (χ4n) is 2.21. The summed E-state index contributed by atoms with van der Waals surface area (Å²) in [6.07, 6.45) is 1.53. The molecule has 4 nitrogen and oxygen atoms in total. The van der Waals surface area contributed by atoms with Crippen LogP contribution in [0.25, 0.3) is 0 Å². The fourth-order valence-corrected chi connectivity index (χ4v) is 2.21. The van der Waals surface area contributed by atoms with Crippen molar-refractivity contribution in [1.29, 1.82) is 0 Å². The second-order valence-corrected chi connectivity index (χ2v) is 6.14. The number of carbonyl (C=O) groups excluding carboxylic acids is 1. The van der Waals surface area contributed by atoms with Gasteiger partial charge in [-0.3, -0.25) is 4.79 Å². The number of likely N-dealkylation sites (N-methyl/N-ethyl adjacent to an activating group) is 1. The second-order valence-electron chi connectivity index (χ2n) is 6.14. The molecule has 0 aliphatic heterocycles. The molecule has 1 unspecified atom stereocenters. The van der Waals surface area contributed by atoms with Crippen LogP contribution >= 0.6 is 0 Å². The molecule has 1 atom stereocenters. The van der Waals surface area contributed by atoms with E-state index in [1.54, 1.807) is 0 Å². The molecule has 0 saturated carbocycles. The second kappa shape index (κ2) is 11.1. The van der Waals surface area contributed by atoms with Crippen LogP contribution in [0.15, 0.2) is 0 Å². The van der Waals surface area contributed by atoms with E-state index in [0.29, 0.717) is 24.8 Å². The number of rotatable bonds is 11. The van der Waals surface area contributed by atoms with Gasteiger partial charge in [-0.1, -0.05) is 34.6 Å². The van der Waals surface area contributed by atoms with E-state index in [1.165, 1.54) is 0 Å². The van der Waals surface area contributed by atoms with Gasteiger partial charge in [-0.15, -0.1) is 0 Å². The lowest BCUT2D eigenvalue weighted by molar-refractivity contribution is -0.132. The molecule has 2 N–H and O–H groups in total. The molecule has 0 rings (SSSR count). The highest BCUT2D eigenvalue weighted by Crippen LogP contribution is 2.08. The van der Waals surface area contributed by atoms with E-state index in [9.17, 15) is 4.79 Å². The average molecular weight is 285 g/mol. The van der Waals surface area contributed by atoms with Crippen molar-refractivity contribution in [2.24, 2.45) is 17.6 Å². The van der Waals surface area contributed by atoms with Gasteiger partial charge in [0.2, 0.25) is 5.91 Å². The fraction of sp³-hybridized carbons (Fsp3) is 0.938. The molecule has 1 amide bonds. The Bertz CT molecular complexity index is 252. The van der Waals surface area contributed by atoms with E-state index in [4.69, 9.17) is 5.73 Å². The van der Waals surface area contributed by atoms with Gasteiger partial charge in [-0.2, -0.15) is 0 Å². The summed E-state index contributed by atoms with van der Waals surface area (Å²) in [5.74, 6) is 1.23. The lowest BCUT2D eigenvalue weighted by Crippen LogP contribution is -2.40. The van der Waals surface area contributed by atoms with E-state index in [1.807, 2.05) is 4.90 Å². The van der Waals surface area contributed by atoms with Gasteiger partial charge in [0, 0.05) is 26.1 Å². The molecule has 0 fully saturated rings. The van der Waals surface area contributed by atoms with Crippen LogP contribution in [-0.4, -0.2) is 55.0 Å². The molecule has 0 radical (unpaired) electrons. The number of hydrogen-bond acceptors (Lipinski definition) is 3. The Hall–Kier alpha value is -0.610. The Kier molecular flexibility index (Phi) is 10.8. The number of carbonyl (C=O) groups is 1. The monoisotopic (exact) mass is 285 g/mol. The van der Waals surface area contributed by atoms with E-state index < -0.39 is 0 Å². The van der Waals surface area contributed by atoms with Crippen molar-refractivity contribution in [3.05, 3.63) is 0 Å². The lowest BCUT2D eigenvalue weighted by Gasteiger charge is -2.28. The first kappa shape index (κ1) is 19.4. The van der Waals surface area contributed by atoms with Crippen molar-refractivity contribution in [1.82, 2.24) is 9.80 Å². The zero-order chi connectivity index (χ0) is 15.5. The summed E-state index contributed by atoms with van der Waals surface area (Å²) in [4.78, 5) is 16.8. The standard InChI is InChI=1S/C16H35N3O/c1-6-18(7-2)10-11-19(13-14(3)4)16(20)9-8-15(5)12-17/h14-15H,6-13,17H2,1-5H3. The number of hydrogen-bond donors (Lipinski definition) is 1. The minimum Gasteiger partial charge on any atom is -0.341 e. The number of nitrogens with zero attached hydrogens (tertiary/aromatic N) is 2. The Morgan fingerprint density at radius 1 is 1.10 bits per heavy atom. The molecule has 4 heteroatoms. The van der Waals surface area contributed by atoms with Crippen molar-refractivity contribution >= 4 is 5.91 Å². The molecule has 0 aromatic heterocycles. The summed E-state index contributed by atoms with van der Waals surface area (Å²) in [6.45, 7) is 16.2.